The number of aliphatic hydroxyl groups excluding tert-OH is 1. The first-order chi connectivity index (χ1) is 9.54. The lowest BCUT2D eigenvalue weighted by Crippen LogP contribution is -2.23. The van der Waals surface area contributed by atoms with Crippen molar-refractivity contribution in [1.82, 2.24) is 0 Å². The zero-order valence-electron chi connectivity index (χ0n) is 11.1. The standard InChI is InChI=1S/C16H16F2O2/c1-12-6-5-7-13(10-19)15(12)20-11-16(17,18)14-8-3-2-4-9-14/h2-9,19H,10-11H2,1H3. The zero-order valence-corrected chi connectivity index (χ0v) is 11.1. The van der Waals surface area contributed by atoms with Gasteiger partial charge in [0.1, 0.15) is 5.75 Å². The molecule has 0 atom stereocenters. The fourth-order valence-corrected chi connectivity index (χ4v) is 1.97. The second kappa shape index (κ2) is 6.01. The highest BCUT2D eigenvalue weighted by Crippen LogP contribution is 2.31. The van der Waals surface area contributed by atoms with Crippen molar-refractivity contribution in [3.05, 3.63) is 65.2 Å². The van der Waals surface area contributed by atoms with E-state index in [2.05, 4.69) is 0 Å². The monoisotopic (exact) mass is 278 g/mol. The van der Waals surface area contributed by atoms with E-state index in [9.17, 15) is 13.9 Å². The van der Waals surface area contributed by atoms with Crippen molar-refractivity contribution in [3.63, 3.8) is 0 Å². The molecule has 0 aromatic heterocycles. The Labute approximate surface area is 116 Å². The van der Waals surface area contributed by atoms with E-state index >= 15 is 0 Å². The molecule has 0 unspecified atom stereocenters. The summed E-state index contributed by atoms with van der Waals surface area (Å²) in [6, 6.07) is 12.7. The van der Waals surface area contributed by atoms with Gasteiger partial charge in [-0.05, 0) is 12.5 Å². The number of aliphatic hydroxyl groups is 1. The average Bonchev–Trinajstić information content (AvgIpc) is 2.46. The topological polar surface area (TPSA) is 29.5 Å². The van der Waals surface area contributed by atoms with Crippen molar-refractivity contribution >= 4 is 0 Å². The molecule has 0 fully saturated rings. The molecular formula is C16H16F2O2. The van der Waals surface area contributed by atoms with Crippen LogP contribution >= 0.6 is 0 Å². The third-order valence-corrected chi connectivity index (χ3v) is 3.06. The molecule has 2 aromatic rings. The van der Waals surface area contributed by atoms with Gasteiger partial charge in [-0.15, -0.1) is 0 Å². The maximum absolute atomic E-state index is 14.0. The van der Waals surface area contributed by atoms with Gasteiger partial charge in [0, 0.05) is 11.1 Å². The molecule has 1 N–H and O–H groups in total. The summed E-state index contributed by atoms with van der Waals surface area (Å²) in [4.78, 5) is 0. The average molecular weight is 278 g/mol. The van der Waals surface area contributed by atoms with Gasteiger partial charge in [0.2, 0.25) is 0 Å². The first-order valence-corrected chi connectivity index (χ1v) is 6.30. The van der Waals surface area contributed by atoms with E-state index in [-0.39, 0.29) is 12.2 Å². The van der Waals surface area contributed by atoms with E-state index < -0.39 is 12.5 Å². The highest BCUT2D eigenvalue weighted by atomic mass is 19.3. The van der Waals surface area contributed by atoms with E-state index in [0.29, 0.717) is 11.3 Å². The zero-order chi connectivity index (χ0) is 14.6. The van der Waals surface area contributed by atoms with Crippen LogP contribution in [0.4, 0.5) is 8.78 Å². The SMILES string of the molecule is Cc1cccc(CO)c1OCC(F)(F)c1ccccc1. The number of rotatable bonds is 5. The van der Waals surface area contributed by atoms with E-state index in [4.69, 9.17) is 4.74 Å². The number of aryl methyl sites for hydroxylation is 1. The van der Waals surface area contributed by atoms with Gasteiger partial charge in [-0.2, -0.15) is 8.78 Å². The van der Waals surface area contributed by atoms with Crippen LogP contribution in [0.5, 0.6) is 5.75 Å². The van der Waals surface area contributed by atoms with Crippen LogP contribution in [0.15, 0.2) is 48.5 Å². The van der Waals surface area contributed by atoms with Crippen LogP contribution < -0.4 is 4.74 Å². The Bertz CT molecular complexity index is 568. The highest BCUT2D eigenvalue weighted by molar-refractivity contribution is 5.40. The summed E-state index contributed by atoms with van der Waals surface area (Å²) in [5.41, 5.74) is 1.15. The number of benzene rings is 2. The quantitative estimate of drug-likeness (QED) is 0.904. The molecule has 0 amide bonds. The normalized spacial score (nSPS) is 11.4. The molecule has 106 valence electrons. The molecule has 0 saturated carbocycles. The van der Waals surface area contributed by atoms with Crippen LogP contribution in [0, 0.1) is 6.92 Å². The number of alkyl halides is 2. The number of ether oxygens (including phenoxy) is 1. The fraction of sp³-hybridized carbons (Fsp3) is 0.250. The first-order valence-electron chi connectivity index (χ1n) is 6.30. The molecule has 0 aliphatic carbocycles. The predicted octanol–water partition coefficient (Wildman–Crippen LogP) is 3.66. The second-order valence-electron chi connectivity index (χ2n) is 4.58. The Hall–Kier alpha value is -1.94. The Morgan fingerprint density at radius 3 is 2.40 bits per heavy atom. The van der Waals surface area contributed by atoms with Gasteiger partial charge in [0.25, 0.3) is 0 Å². The smallest absolute Gasteiger partial charge is 0.306 e. The fourth-order valence-electron chi connectivity index (χ4n) is 1.97. The lowest BCUT2D eigenvalue weighted by molar-refractivity contribution is -0.0473. The molecule has 2 rings (SSSR count). The van der Waals surface area contributed by atoms with Crippen molar-refractivity contribution in [2.45, 2.75) is 19.5 Å². The van der Waals surface area contributed by atoms with E-state index in [1.54, 1.807) is 43.3 Å². The van der Waals surface area contributed by atoms with Gasteiger partial charge >= 0.3 is 5.92 Å². The summed E-state index contributed by atoms with van der Waals surface area (Å²) in [6.07, 6.45) is 0. The molecule has 0 aliphatic heterocycles. The Balaban J connectivity index is 2.17. The van der Waals surface area contributed by atoms with Crippen LogP contribution in [-0.2, 0) is 12.5 Å². The maximum atomic E-state index is 14.0. The molecule has 0 spiro atoms. The minimum absolute atomic E-state index is 0.0841. The van der Waals surface area contributed by atoms with Gasteiger partial charge in [0.05, 0.1) is 6.61 Å². The molecule has 4 heteroatoms. The predicted molar refractivity (Wildman–Crippen MR) is 72.9 cm³/mol. The van der Waals surface area contributed by atoms with Gasteiger partial charge in [0.15, 0.2) is 6.61 Å². The van der Waals surface area contributed by atoms with E-state index in [1.165, 1.54) is 12.1 Å². The molecule has 20 heavy (non-hydrogen) atoms. The van der Waals surface area contributed by atoms with E-state index in [0.717, 1.165) is 5.56 Å². The maximum Gasteiger partial charge on any atom is 0.306 e. The second-order valence-corrected chi connectivity index (χ2v) is 4.58. The van der Waals surface area contributed by atoms with Crippen LogP contribution in [0.1, 0.15) is 16.7 Å². The van der Waals surface area contributed by atoms with Crippen LogP contribution in [0.3, 0.4) is 0 Å². The van der Waals surface area contributed by atoms with Gasteiger partial charge in [-0.25, -0.2) is 0 Å². The third-order valence-electron chi connectivity index (χ3n) is 3.06. The number of hydrogen-bond acceptors (Lipinski definition) is 2. The van der Waals surface area contributed by atoms with Crippen molar-refractivity contribution < 1.29 is 18.6 Å². The van der Waals surface area contributed by atoms with Crippen LogP contribution in [0.2, 0.25) is 0 Å². The van der Waals surface area contributed by atoms with Gasteiger partial charge in [-0.3, -0.25) is 0 Å². The Morgan fingerprint density at radius 1 is 1.05 bits per heavy atom. The first kappa shape index (κ1) is 14.5. The molecule has 0 saturated heterocycles. The third kappa shape index (κ3) is 3.14. The molecule has 0 aliphatic rings. The van der Waals surface area contributed by atoms with Crippen molar-refractivity contribution in [3.8, 4) is 5.75 Å². The summed E-state index contributed by atoms with van der Waals surface area (Å²) in [5, 5.41) is 9.22. The van der Waals surface area contributed by atoms with Crippen molar-refractivity contribution in [2.24, 2.45) is 0 Å². The molecule has 2 aromatic carbocycles. The van der Waals surface area contributed by atoms with Gasteiger partial charge < -0.3 is 9.84 Å². The van der Waals surface area contributed by atoms with Crippen molar-refractivity contribution in [2.75, 3.05) is 6.61 Å². The highest BCUT2D eigenvalue weighted by Gasteiger charge is 2.32. The molecule has 0 heterocycles. The minimum atomic E-state index is -3.07. The number of hydrogen-bond donors (Lipinski definition) is 1. The Morgan fingerprint density at radius 2 is 1.75 bits per heavy atom. The molecule has 0 radical (unpaired) electrons. The summed E-state index contributed by atoms with van der Waals surface area (Å²) >= 11 is 0. The van der Waals surface area contributed by atoms with Gasteiger partial charge in [-0.1, -0.05) is 48.5 Å². The van der Waals surface area contributed by atoms with E-state index in [1.807, 2.05) is 0 Å². The van der Waals surface area contributed by atoms with Crippen molar-refractivity contribution in [1.29, 1.82) is 0 Å². The lowest BCUT2D eigenvalue weighted by Gasteiger charge is -2.19. The summed E-state index contributed by atoms with van der Waals surface area (Å²) in [6.45, 7) is 0.762. The Kier molecular flexibility index (Phi) is 4.35. The summed E-state index contributed by atoms with van der Waals surface area (Å²) < 4.78 is 33.3. The minimum Gasteiger partial charge on any atom is -0.486 e. The molecular weight excluding hydrogens is 262 g/mol. The van der Waals surface area contributed by atoms with Crippen LogP contribution in [0.25, 0.3) is 0 Å². The summed E-state index contributed by atoms with van der Waals surface area (Å²) in [5.74, 6) is -2.75. The largest absolute Gasteiger partial charge is 0.486 e. The molecule has 2 nitrogen and oxygen atoms in total. The lowest BCUT2D eigenvalue weighted by atomic mass is 10.1. The van der Waals surface area contributed by atoms with Crippen LogP contribution in [-0.4, -0.2) is 11.7 Å². The molecule has 0 bridgehead atoms. The summed E-state index contributed by atoms with van der Waals surface area (Å²) in [7, 11) is 0. The number of para-hydroxylation sites is 1. The number of halogens is 2.